The first-order valence-corrected chi connectivity index (χ1v) is 11.3. The Morgan fingerprint density at radius 2 is 2.04 bits per heavy atom. The molecule has 0 saturated carbocycles. The van der Waals surface area contributed by atoms with Gasteiger partial charge in [-0.3, -0.25) is 4.79 Å². The molecule has 1 aromatic rings. The molecule has 1 N–H and O–H groups in total. The Bertz CT molecular complexity index is 921. The maximum atomic E-state index is 13.1. The first-order chi connectivity index (χ1) is 11.2. The molecule has 24 heavy (non-hydrogen) atoms. The summed E-state index contributed by atoms with van der Waals surface area (Å²) in [6.07, 6.45) is 2.08. The van der Waals surface area contributed by atoms with Gasteiger partial charge in [-0.05, 0) is 34.8 Å². The van der Waals surface area contributed by atoms with Crippen molar-refractivity contribution in [1.82, 2.24) is 5.32 Å². The molecule has 3 heterocycles. The molecule has 1 aliphatic carbocycles. The Hall–Kier alpha value is -0.920. The molecule has 0 radical (unpaired) electrons. The van der Waals surface area contributed by atoms with Gasteiger partial charge in [0.2, 0.25) is 0 Å². The first-order valence-electron chi connectivity index (χ1n) is 7.95. The van der Waals surface area contributed by atoms with E-state index in [1.807, 2.05) is 25.3 Å². The summed E-state index contributed by atoms with van der Waals surface area (Å²) in [5, 5.41) is 5.24. The molecule has 0 amide bonds. The van der Waals surface area contributed by atoms with E-state index in [0.29, 0.717) is 16.9 Å². The molecule has 1 atom stereocenters. The molecule has 128 valence electrons. The zero-order chi connectivity index (χ0) is 17.3. The van der Waals surface area contributed by atoms with E-state index in [1.165, 1.54) is 11.3 Å². The van der Waals surface area contributed by atoms with Crippen LogP contribution in [-0.4, -0.2) is 20.0 Å². The number of nitrogens with one attached hydrogen (secondary N) is 1. The normalized spacial score (nSPS) is 27.8. The van der Waals surface area contributed by atoms with Crippen LogP contribution >= 0.6 is 27.3 Å². The van der Waals surface area contributed by atoms with Crippen LogP contribution in [0.4, 0.5) is 0 Å². The lowest BCUT2D eigenvalue weighted by Crippen LogP contribution is -2.39. The van der Waals surface area contributed by atoms with Crippen LogP contribution in [0.25, 0.3) is 0 Å². The number of hydrogen-bond donors (Lipinski definition) is 1. The van der Waals surface area contributed by atoms with Gasteiger partial charge < -0.3 is 5.32 Å². The van der Waals surface area contributed by atoms with Gasteiger partial charge in [0, 0.05) is 43.5 Å². The number of carbonyl (C=O) groups excluding carboxylic acids is 1. The Labute approximate surface area is 154 Å². The standard InChI is InChI=1S/C17H18BrNO3S2/c1-17(2)5-3-10-13(16(17)20)14(12-7-9(18)8-23-12)15-11(19-10)4-6-24(15,21)22/h7-8,14,19H,3-6H2,1-2H3. The third kappa shape index (κ3) is 2.35. The van der Waals surface area contributed by atoms with Crippen LogP contribution in [0.1, 0.15) is 43.9 Å². The Morgan fingerprint density at radius 3 is 2.71 bits per heavy atom. The summed E-state index contributed by atoms with van der Waals surface area (Å²) < 4.78 is 26.3. The van der Waals surface area contributed by atoms with E-state index in [4.69, 9.17) is 0 Å². The minimum atomic E-state index is -3.32. The molecule has 0 bridgehead atoms. The molecular weight excluding hydrogens is 410 g/mol. The van der Waals surface area contributed by atoms with Gasteiger partial charge in [0.1, 0.15) is 0 Å². The van der Waals surface area contributed by atoms with Crippen molar-refractivity contribution < 1.29 is 13.2 Å². The SMILES string of the molecule is CC1(C)CCC2=C(C1=O)C(c1cc(Br)cs1)C1=C(CCS1(=O)=O)N2. The number of allylic oxidation sites excluding steroid dienone is 4. The Morgan fingerprint density at radius 1 is 1.29 bits per heavy atom. The van der Waals surface area contributed by atoms with Gasteiger partial charge in [0.15, 0.2) is 15.6 Å². The highest BCUT2D eigenvalue weighted by atomic mass is 79.9. The van der Waals surface area contributed by atoms with Gasteiger partial charge in [0.05, 0.1) is 16.6 Å². The second-order valence-corrected chi connectivity index (χ2v) is 11.2. The molecule has 0 aromatic carbocycles. The van der Waals surface area contributed by atoms with Gasteiger partial charge in [-0.2, -0.15) is 0 Å². The number of rotatable bonds is 1. The number of ketones is 1. The van der Waals surface area contributed by atoms with E-state index in [2.05, 4.69) is 21.2 Å². The summed E-state index contributed by atoms with van der Waals surface area (Å²) >= 11 is 4.96. The molecule has 4 rings (SSSR count). The lowest BCUT2D eigenvalue weighted by molar-refractivity contribution is -0.124. The van der Waals surface area contributed by atoms with E-state index < -0.39 is 21.2 Å². The average Bonchev–Trinajstić information content (AvgIpc) is 3.06. The number of dihydropyridines is 1. The molecule has 4 nitrogen and oxygen atoms in total. The number of sulfone groups is 1. The molecule has 0 spiro atoms. The van der Waals surface area contributed by atoms with E-state index in [9.17, 15) is 13.2 Å². The minimum Gasteiger partial charge on any atom is -0.361 e. The van der Waals surface area contributed by atoms with Crippen LogP contribution in [-0.2, 0) is 14.6 Å². The van der Waals surface area contributed by atoms with E-state index in [-0.39, 0.29) is 11.5 Å². The van der Waals surface area contributed by atoms with Gasteiger partial charge in [0.25, 0.3) is 0 Å². The van der Waals surface area contributed by atoms with E-state index >= 15 is 0 Å². The maximum Gasteiger partial charge on any atom is 0.177 e. The lowest BCUT2D eigenvalue weighted by Gasteiger charge is -2.38. The zero-order valence-electron chi connectivity index (χ0n) is 13.5. The number of halogens is 1. The van der Waals surface area contributed by atoms with Crippen molar-refractivity contribution in [3.8, 4) is 0 Å². The number of Topliss-reactive ketones (excluding diaryl/α,β-unsaturated/α-hetero) is 1. The van der Waals surface area contributed by atoms with E-state index in [1.54, 1.807) is 0 Å². The highest BCUT2D eigenvalue weighted by molar-refractivity contribution is 9.10. The summed E-state index contributed by atoms with van der Waals surface area (Å²) in [7, 11) is -3.32. The second kappa shape index (κ2) is 5.29. The number of carbonyl (C=O) groups is 1. The third-order valence-electron chi connectivity index (χ3n) is 5.16. The van der Waals surface area contributed by atoms with Crippen LogP contribution in [0.2, 0.25) is 0 Å². The zero-order valence-corrected chi connectivity index (χ0v) is 16.7. The molecule has 1 unspecified atom stereocenters. The fourth-order valence-corrected chi connectivity index (χ4v) is 7.28. The summed E-state index contributed by atoms with van der Waals surface area (Å²) in [5.74, 6) is -0.252. The van der Waals surface area contributed by atoms with Crippen LogP contribution in [0.15, 0.2) is 37.8 Å². The smallest absolute Gasteiger partial charge is 0.177 e. The Kier molecular flexibility index (Phi) is 3.64. The van der Waals surface area contributed by atoms with Crippen LogP contribution < -0.4 is 5.32 Å². The number of thiophene rings is 1. The summed E-state index contributed by atoms with van der Waals surface area (Å²) in [5.41, 5.74) is 1.92. The lowest BCUT2D eigenvalue weighted by atomic mass is 9.70. The summed E-state index contributed by atoms with van der Waals surface area (Å²) in [6, 6.07) is 1.94. The molecule has 1 aromatic heterocycles. The van der Waals surface area contributed by atoms with Crippen LogP contribution in [0.3, 0.4) is 0 Å². The van der Waals surface area contributed by atoms with Gasteiger partial charge in [-0.25, -0.2) is 8.42 Å². The third-order valence-corrected chi connectivity index (χ3v) is 8.81. The largest absolute Gasteiger partial charge is 0.361 e. The average molecular weight is 428 g/mol. The minimum absolute atomic E-state index is 0.0689. The topological polar surface area (TPSA) is 63.2 Å². The molecular formula is C17H18BrNO3S2. The van der Waals surface area contributed by atoms with Crippen molar-refractivity contribution in [1.29, 1.82) is 0 Å². The van der Waals surface area contributed by atoms with Crippen molar-refractivity contribution in [2.45, 2.75) is 39.0 Å². The quantitative estimate of drug-likeness (QED) is 0.738. The van der Waals surface area contributed by atoms with Gasteiger partial charge in [-0.1, -0.05) is 13.8 Å². The first kappa shape index (κ1) is 16.5. The highest BCUT2D eigenvalue weighted by Crippen LogP contribution is 2.51. The second-order valence-electron chi connectivity index (χ2n) is 7.24. The molecule has 0 saturated heterocycles. The molecule has 2 aliphatic heterocycles. The molecule has 0 fully saturated rings. The van der Waals surface area contributed by atoms with Crippen molar-refractivity contribution in [2.75, 3.05) is 5.75 Å². The van der Waals surface area contributed by atoms with Crippen LogP contribution in [0, 0.1) is 5.41 Å². The monoisotopic (exact) mass is 427 g/mol. The predicted octanol–water partition coefficient (Wildman–Crippen LogP) is 3.87. The van der Waals surface area contributed by atoms with Gasteiger partial charge >= 0.3 is 0 Å². The highest BCUT2D eigenvalue weighted by Gasteiger charge is 2.48. The number of hydrogen-bond acceptors (Lipinski definition) is 5. The maximum absolute atomic E-state index is 13.1. The van der Waals surface area contributed by atoms with Crippen molar-refractivity contribution in [2.24, 2.45) is 5.41 Å². The molecule has 7 heteroatoms. The predicted molar refractivity (Wildman–Crippen MR) is 98.4 cm³/mol. The van der Waals surface area contributed by atoms with Crippen molar-refractivity contribution in [3.05, 3.63) is 42.7 Å². The fraction of sp³-hybridized carbons (Fsp3) is 0.471. The van der Waals surface area contributed by atoms with Gasteiger partial charge in [-0.15, -0.1) is 11.3 Å². The summed E-state index contributed by atoms with van der Waals surface area (Å²) in [4.78, 5) is 14.5. The fourth-order valence-electron chi connectivity index (χ4n) is 3.82. The van der Waals surface area contributed by atoms with Crippen molar-refractivity contribution in [3.63, 3.8) is 0 Å². The Balaban J connectivity index is 1.95. The summed E-state index contributed by atoms with van der Waals surface area (Å²) in [6.45, 7) is 3.90. The van der Waals surface area contributed by atoms with Crippen LogP contribution in [0.5, 0.6) is 0 Å². The van der Waals surface area contributed by atoms with Crippen molar-refractivity contribution >= 4 is 42.9 Å². The van der Waals surface area contributed by atoms with E-state index in [0.717, 1.165) is 33.6 Å². The molecule has 3 aliphatic rings.